The fraction of sp³-hybridized carbons (Fsp3) is 0.952. The Kier molecular flexibility index (Phi) is 9.40. The lowest BCUT2D eigenvalue weighted by Crippen LogP contribution is -2.51. The third-order valence-corrected chi connectivity index (χ3v) is 12.3. The van der Waals surface area contributed by atoms with Crippen LogP contribution in [-0.4, -0.2) is 69.9 Å². The first-order valence-electron chi connectivity index (χ1n) is 11.4. The van der Waals surface area contributed by atoms with E-state index < -0.39 is 40.7 Å². The molecule has 0 aromatic heterocycles. The summed E-state index contributed by atoms with van der Waals surface area (Å²) in [5, 5.41) is -0.00398. The van der Waals surface area contributed by atoms with Crippen LogP contribution in [0.2, 0.25) is 18.1 Å². The van der Waals surface area contributed by atoms with Gasteiger partial charge in [0.05, 0.1) is 11.7 Å². The van der Waals surface area contributed by atoms with Gasteiger partial charge < -0.3 is 23.1 Å². The van der Waals surface area contributed by atoms with Crippen molar-refractivity contribution in [2.45, 2.75) is 116 Å². The van der Waals surface area contributed by atoms with Crippen molar-refractivity contribution in [1.29, 1.82) is 0 Å². The number of rotatable bonds is 10. The highest BCUT2D eigenvalue weighted by molar-refractivity contribution is 7.44. The van der Waals surface area contributed by atoms with Gasteiger partial charge in [-0.05, 0) is 59.7 Å². The van der Waals surface area contributed by atoms with E-state index in [0.29, 0.717) is 0 Å². The second-order valence-electron chi connectivity index (χ2n) is 10.3. The minimum atomic E-state index is -2.17. The lowest BCUT2D eigenvalue weighted by Gasteiger charge is -2.43. The van der Waals surface area contributed by atoms with Crippen LogP contribution in [0.15, 0.2) is 0 Å². The van der Waals surface area contributed by atoms with E-state index in [0.717, 1.165) is 0 Å². The lowest BCUT2D eigenvalue weighted by molar-refractivity contribution is -0.0357. The Balaban J connectivity index is 3.30. The van der Waals surface area contributed by atoms with Gasteiger partial charge in [-0.3, -0.25) is 0 Å². The molecule has 2 radical (unpaired) electrons. The molecule has 1 aliphatic heterocycles. The molecular formula is C21H42BN2O4PSi. The maximum atomic E-state index is 8.16. The molecule has 0 spiro atoms. The van der Waals surface area contributed by atoms with Gasteiger partial charge in [0.25, 0.3) is 8.53 Å². The smallest absolute Gasteiger partial charge is 0.259 e. The lowest BCUT2D eigenvalue weighted by atomic mass is 9.91. The summed E-state index contributed by atoms with van der Waals surface area (Å²) in [6.07, 6.45) is -1.04. The molecule has 0 saturated carbocycles. The monoisotopic (exact) mass is 457 g/mol. The summed E-state index contributed by atoms with van der Waals surface area (Å²) in [4.78, 5) is 3.40. The van der Waals surface area contributed by atoms with Crippen LogP contribution in [-0.2, 0) is 18.2 Å². The average molecular weight is 457 g/mol. The highest BCUT2D eigenvalue weighted by Crippen LogP contribution is 2.51. The molecule has 1 saturated heterocycles. The summed E-state index contributed by atoms with van der Waals surface area (Å²) in [6, 6.07) is -0.324. The molecule has 0 aromatic carbocycles. The van der Waals surface area contributed by atoms with E-state index in [1.165, 1.54) is 0 Å². The molecular weight excluding hydrogens is 414 g/mol. The van der Waals surface area contributed by atoms with Gasteiger partial charge in [0, 0.05) is 19.5 Å². The van der Waals surface area contributed by atoms with E-state index in [2.05, 4.69) is 71.1 Å². The highest BCUT2D eigenvalue weighted by atomic mass is 31.2. The van der Waals surface area contributed by atoms with Crippen LogP contribution in [0.5, 0.6) is 0 Å². The van der Waals surface area contributed by atoms with E-state index in [4.69, 9.17) is 34.0 Å². The molecule has 9 heteroatoms. The van der Waals surface area contributed by atoms with Crippen LogP contribution >= 0.6 is 8.53 Å². The fourth-order valence-corrected chi connectivity index (χ4v) is 6.29. The Morgan fingerprint density at radius 3 is 2.30 bits per heavy atom. The van der Waals surface area contributed by atoms with Gasteiger partial charge in [0.1, 0.15) is 20.6 Å². The van der Waals surface area contributed by atoms with Gasteiger partial charge in [0.2, 0.25) is 6.54 Å². The van der Waals surface area contributed by atoms with Gasteiger partial charge in [0.15, 0.2) is 8.32 Å². The molecule has 0 amide bonds. The highest BCUT2D eigenvalue weighted by Gasteiger charge is 2.54. The van der Waals surface area contributed by atoms with Crippen LogP contribution in [0, 0.1) is 6.57 Å². The number of nitrogens with zero attached hydrogens (tertiary/aromatic N) is 2. The fourth-order valence-electron chi connectivity index (χ4n) is 3.17. The molecule has 1 fully saturated rings. The molecule has 6 nitrogen and oxygen atoms in total. The largest absolute Gasteiger partial charge is 0.409 e. The summed E-state index contributed by atoms with van der Waals surface area (Å²) in [7, 11) is 2.72. The molecule has 1 rings (SSSR count). The second-order valence-corrected chi connectivity index (χ2v) is 16.4. The third-order valence-electron chi connectivity index (χ3n) is 5.72. The first-order chi connectivity index (χ1) is 14.1. The average Bonchev–Trinajstić information content (AvgIpc) is 2.84. The van der Waals surface area contributed by atoms with Gasteiger partial charge in [-0.15, -0.1) is 0 Å². The maximum absolute atomic E-state index is 8.16. The van der Waals surface area contributed by atoms with Gasteiger partial charge in [-0.25, -0.2) is 11.2 Å². The van der Waals surface area contributed by atoms with Crippen molar-refractivity contribution >= 4 is 24.7 Å². The zero-order valence-electron chi connectivity index (χ0n) is 21.6. The molecule has 0 bridgehead atoms. The van der Waals surface area contributed by atoms with Gasteiger partial charge >= 0.3 is 0 Å². The van der Waals surface area contributed by atoms with E-state index in [-0.39, 0.29) is 37.2 Å². The summed E-state index contributed by atoms with van der Waals surface area (Å²) in [5.74, 6) is 0. The van der Waals surface area contributed by atoms with Crippen molar-refractivity contribution in [3.8, 4) is 0 Å². The Morgan fingerprint density at radius 1 is 1.30 bits per heavy atom. The molecule has 30 heavy (non-hydrogen) atoms. The molecule has 1 heterocycles. The van der Waals surface area contributed by atoms with Crippen LogP contribution in [0.1, 0.15) is 63.7 Å². The minimum Gasteiger partial charge on any atom is -0.409 e. The van der Waals surface area contributed by atoms with E-state index >= 15 is 0 Å². The Hall–Kier alpha value is 0.00182. The van der Waals surface area contributed by atoms with Gasteiger partial charge in [-0.2, -0.15) is 0 Å². The van der Waals surface area contributed by atoms with Crippen molar-refractivity contribution in [2.24, 2.45) is 0 Å². The molecule has 5 atom stereocenters. The molecule has 0 N–H and O–H groups in total. The predicted octanol–water partition coefficient (Wildman–Crippen LogP) is 5.35. The molecule has 0 aliphatic carbocycles. The number of hydrogen-bond acceptors (Lipinski definition) is 5. The van der Waals surface area contributed by atoms with Crippen molar-refractivity contribution in [2.75, 3.05) is 13.2 Å². The molecule has 0 aromatic rings. The van der Waals surface area contributed by atoms with Crippen molar-refractivity contribution in [1.82, 2.24) is 4.67 Å². The van der Waals surface area contributed by atoms with Crippen molar-refractivity contribution in [3.63, 3.8) is 0 Å². The first kappa shape index (κ1) is 26.3. The summed E-state index contributed by atoms with van der Waals surface area (Å²) < 4.78 is 35.8. The van der Waals surface area contributed by atoms with Crippen LogP contribution in [0.25, 0.3) is 4.85 Å². The predicted molar refractivity (Wildman–Crippen MR) is 128 cm³/mol. The SMILES string of the molecule is [2H]C[C@@]1(C)O[C@@H]([B])[C@@H](O[Si](C)(C)C(C)(C)C)C1OP(OCC[N+]#[C-])N(C(C)C)C(C)C. The van der Waals surface area contributed by atoms with Crippen LogP contribution < -0.4 is 0 Å². The molecule has 1 aliphatic rings. The standard InChI is InChI=1S/C21H42BN2O4PSi/c1-15(2)24(16(3)4)29(25-14-13-23-10)27-18-17(19(22)26-21(18,8)9)28-30(11,12)20(5,6)7/h15-19H,13-14H2,1-9,11-12H3/t17-,18?,19+,29?/m0/s1/i8D/t17-,18?,19+,21-,29?. The van der Waals surface area contributed by atoms with Gasteiger partial charge in [-0.1, -0.05) is 20.8 Å². The van der Waals surface area contributed by atoms with Crippen molar-refractivity contribution in [3.05, 3.63) is 11.4 Å². The van der Waals surface area contributed by atoms with E-state index in [1.54, 1.807) is 0 Å². The van der Waals surface area contributed by atoms with E-state index in [1.807, 2.05) is 6.92 Å². The quantitative estimate of drug-likeness (QED) is 0.192. The molecule has 172 valence electrons. The first-order valence-corrected chi connectivity index (χ1v) is 14.8. The summed E-state index contributed by atoms with van der Waals surface area (Å²) >= 11 is 0. The zero-order valence-corrected chi connectivity index (χ0v) is 22.5. The topological polar surface area (TPSA) is 44.5 Å². The minimum absolute atomic E-state index is 0.00267. The normalized spacial score (nSPS) is 29.5. The van der Waals surface area contributed by atoms with Crippen molar-refractivity contribution < 1.29 is 19.6 Å². The number of ether oxygens (including phenoxy) is 1. The molecule has 2 unspecified atom stereocenters. The van der Waals surface area contributed by atoms with Crippen LogP contribution in [0.4, 0.5) is 0 Å². The Labute approximate surface area is 190 Å². The zero-order chi connectivity index (χ0) is 24.2. The maximum Gasteiger partial charge on any atom is 0.259 e. The van der Waals surface area contributed by atoms with E-state index in [9.17, 15) is 0 Å². The Bertz CT molecular complexity index is 609. The summed E-state index contributed by atoms with van der Waals surface area (Å²) in [6.45, 7) is 28.8. The summed E-state index contributed by atoms with van der Waals surface area (Å²) in [5.41, 5.74) is -0.907. The van der Waals surface area contributed by atoms with Crippen LogP contribution in [0.3, 0.4) is 0 Å². The second kappa shape index (κ2) is 10.7. The number of hydrogen-bond donors (Lipinski definition) is 0. The third kappa shape index (κ3) is 7.00. The Morgan fingerprint density at radius 2 is 1.87 bits per heavy atom.